The maximum Gasteiger partial charge on any atom is 0.273 e. The van der Waals surface area contributed by atoms with E-state index in [9.17, 15) is 9.59 Å². The molecule has 0 aromatic carbocycles. The second-order valence-corrected chi connectivity index (χ2v) is 6.27. The van der Waals surface area contributed by atoms with Crippen molar-refractivity contribution >= 4 is 11.8 Å². The number of amides is 2. The van der Waals surface area contributed by atoms with Crippen molar-refractivity contribution in [3.05, 3.63) is 41.5 Å². The Morgan fingerprint density at radius 3 is 2.96 bits per heavy atom. The number of hydrogen-bond acceptors (Lipinski definition) is 6. The molecule has 3 heterocycles. The molecule has 2 amide bonds. The molecule has 0 saturated carbocycles. The fourth-order valence-corrected chi connectivity index (χ4v) is 3.00. The standard InChI is InChI=1S/C17H22N6O3/c1-12-4-2-6-14(19-12)17(26)22-8-3-5-13(10-22)23-11-15(20-21-23)16(25)18-7-9-24/h2,4,6,11,13,24H,3,5,7-10H2,1H3,(H,18,25)/t13-/m1/s1. The minimum absolute atomic E-state index is 0.0376. The van der Waals surface area contributed by atoms with Gasteiger partial charge < -0.3 is 15.3 Å². The van der Waals surface area contributed by atoms with Crippen LogP contribution in [-0.2, 0) is 0 Å². The first-order valence-corrected chi connectivity index (χ1v) is 8.62. The number of pyridine rings is 1. The van der Waals surface area contributed by atoms with Gasteiger partial charge in [0.25, 0.3) is 11.8 Å². The summed E-state index contributed by atoms with van der Waals surface area (Å²) >= 11 is 0. The Morgan fingerprint density at radius 2 is 2.19 bits per heavy atom. The highest BCUT2D eigenvalue weighted by molar-refractivity contribution is 5.92. The Hall–Kier alpha value is -2.81. The van der Waals surface area contributed by atoms with Gasteiger partial charge in [-0.3, -0.25) is 9.59 Å². The Balaban J connectivity index is 1.68. The lowest BCUT2D eigenvalue weighted by Crippen LogP contribution is -2.41. The van der Waals surface area contributed by atoms with Gasteiger partial charge >= 0.3 is 0 Å². The van der Waals surface area contributed by atoms with E-state index in [4.69, 9.17) is 5.11 Å². The topological polar surface area (TPSA) is 113 Å². The summed E-state index contributed by atoms with van der Waals surface area (Å²) < 4.78 is 1.64. The summed E-state index contributed by atoms with van der Waals surface area (Å²) in [6, 6.07) is 5.36. The molecule has 2 aromatic heterocycles. The van der Waals surface area contributed by atoms with Gasteiger partial charge in [-0.2, -0.15) is 0 Å². The molecule has 1 aliphatic heterocycles. The van der Waals surface area contributed by atoms with Crippen LogP contribution in [0.4, 0.5) is 0 Å². The number of nitrogens with zero attached hydrogens (tertiary/aromatic N) is 5. The predicted octanol–water partition coefficient (Wildman–Crippen LogP) is 0.181. The molecule has 0 radical (unpaired) electrons. The predicted molar refractivity (Wildman–Crippen MR) is 92.6 cm³/mol. The van der Waals surface area contributed by atoms with Crippen molar-refractivity contribution in [2.45, 2.75) is 25.8 Å². The van der Waals surface area contributed by atoms with Crippen molar-refractivity contribution in [1.29, 1.82) is 0 Å². The highest BCUT2D eigenvalue weighted by Gasteiger charge is 2.27. The molecule has 9 heteroatoms. The number of nitrogens with one attached hydrogen (secondary N) is 1. The molecule has 9 nitrogen and oxygen atoms in total. The number of aliphatic hydroxyl groups is 1. The zero-order valence-corrected chi connectivity index (χ0v) is 14.6. The van der Waals surface area contributed by atoms with Gasteiger partial charge in [0.05, 0.1) is 18.8 Å². The van der Waals surface area contributed by atoms with Crippen LogP contribution in [0.3, 0.4) is 0 Å². The number of likely N-dealkylation sites (tertiary alicyclic amines) is 1. The molecule has 1 fully saturated rings. The number of hydrogen-bond donors (Lipinski definition) is 2. The first kappa shape index (κ1) is 18.0. The number of piperidine rings is 1. The molecule has 2 aromatic rings. The zero-order valence-electron chi connectivity index (χ0n) is 14.6. The number of carbonyl (C=O) groups excluding carboxylic acids is 2. The largest absolute Gasteiger partial charge is 0.395 e. The minimum Gasteiger partial charge on any atom is -0.395 e. The summed E-state index contributed by atoms with van der Waals surface area (Å²) in [6.45, 7) is 3.06. The maximum atomic E-state index is 12.7. The van der Waals surface area contributed by atoms with Crippen LogP contribution >= 0.6 is 0 Å². The molecule has 0 bridgehead atoms. The van der Waals surface area contributed by atoms with Gasteiger partial charge in [0.2, 0.25) is 0 Å². The van der Waals surface area contributed by atoms with E-state index in [1.165, 1.54) is 0 Å². The Bertz CT molecular complexity index is 790. The summed E-state index contributed by atoms with van der Waals surface area (Å²) in [6.07, 6.45) is 3.27. The van der Waals surface area contributed by atoms with Crippen molar-refractivity contribution in [3.63, 3.8) is 0 Å². The Kier molecular flexibility index (Phi) is 5.57. The molecule has 2 N–H and O–H groups in total. The summed E-state index contributed by atoms with van der Waals surface area (Å²) in [5.41, 5.74) is 1.44. The molecule has 0 spiro atoms. The average molecular weight is 358 g/mol. The van der Waals surface area contributed by atoms with Crippen LogP contribution in [0.2, 0.25) is 0 Å². The summed E-state index contributed by atoms with van der Waals surface area (Å²) in [5.74, 6) is -0.475. The van der Waals surface area contributed by atoms with Gasteiger partial charge in [0.15, 0.2) is 5.69 Å². The van der Waals surface area contributed by atoms with Crippen molar-refractivity contribution in [2.24, 2.45) is 0 Å². The van der Waals surface area contributed by atoms with Gasteiger partial charge in [0, 0.05) is 25.3 Å². The number of aryl methyl sites for hydroxylation is 1. The first-order chi connectivity index (χ1) is 12.6. The SMILES string of the molecule is Cc1cccc(C(=O)N2CCC[C@@H](n3cc(C(=O)NCCO)nn3)C2)n1. The smallest absolute Gasteiger partial charge is 0.273 e. The van der Waals surface area contributed by atoms with Gasteiger partial charge in [-0.15, -0.1) is 5.10 Å². The van der Waals surface area contributed by atoms with Crippen LogP contribution in [0.1, 0.15) is 45.6 Å². The van der Waals surface area contributed by atoms with Crippen molar-refractivity contribution in [3.8, 4) is 0 Å². The van der Waals surface area contributed by atoms with Crippen LogP contribution < -0.4 is 5.32 Å². The number of aliphatic hydroxyl groups excluding tert-OH is 1. The summed E-state index contributed by atoms with van der Waals surface area (Å²) in [4.78, 5) is 30.6. The summed E-state index contributed by atoms with van der Waals surface area (Å²) in [7, 11) is 0. The third kappa shape index (κ3) is 4.05. The molecule has 1 saturated heterocycles. The van der Waals surface area contributed by atoms with Crippen LogP contribution in [0, 0.1) is 6.92 Å². The van der Waals surface area contributed by atoms with E-state index in [0.717, 1.165) is 18.5 Å². The molecular weight excluding hydrogens is 336 g/mol. The lowest BCUT2D eigenvalue weighted by molar-refractivity contribution is 0.0665. The van der Waals surface area contributed by atoms with E-state index < -0.39 is 0 Å². The Morgan fingerprint density at radius 1 is 1.35 bits per heavy atom. The molecule has 1 aliphatic rings. The van der Waals surface area contributed by atoms with Crippen molar-refractivity contribution < 1.29 is 14.7 Å². The molecule has 0 aliphatic carbocycles. The second kappa shape index (κ2) is 8.05. The number of aromatic nitrogens is 4. The zero-order chi connectivity index (χ0) is 18.5. The van der Waals surface area contributed by atoms with Crippen LogP contribution in [0.5, 0.6) is 0 Å². The lowest BCUT2D eigenvalue weighted by Gasteiger charge is -2.32. The van der Waals surface area contributed by atoms with Gasteiger partial charge in [-0.05, 0) is 31.9 Å². The van der Waals surface area contributed by atoms with Crippen molar-refractivity contribution in [1.82, 2.24) is 30.2 Å². The highest BCUT2D eigenvalue weighted by atomic mass is 16.3. The Labute approximate surface area is 151 Å². The molecule has 26 heavy (non-hydrogen) atoms. The van der Waals surface area contributed by atoms with Gasteiger partial charge in [0.1, 0.15) is 5.69 Å². The van der Waals surface area contributed by atoms with Crippen LogP contribution in [0.25, 0.3) is 0 Å². The van der Waals surface area contributed by atoms with Gasteiger partial charge in [-0.1, -0.05) is 11.3 Å². The lowest BCUT2D eigenvalue weighted by atomic mass is 10.1. The maximum absolute atomic E-state index is 12.7. The monoisotopic (exact) mass is 358 g/mol. The normalized spacial score (nSPS) is 17.2. The number of rotatable bonds is 5. The number of carbonyl (C=O) groups is 2. The van der Waals surface area contributed by atoms with E-state index in [-0.39, 0.29) is 36.7 Å². The molecule has 1 atom stereocenters. The van der Waals surface area contributed by atoms with Crippen LogP contribution in [-0.4, -0.2) is 68.0 Å². The average Bonchev–Trinajstić information content (AvgIpc) is 3.16. The minimum atomic E-state index is -0.377. The third-order valence-corrected chi connectivity index (χ3v) is 4.31. The quantitative estimate of drug-likeness (QED) is 0.788. The fraction of sp³-hybridized carbons (Fsp3) is 0.471. The molecule has 0 unspecified atom stereocenters. The first-order valence-electron chi connectivity index (χ1n) is 8.62. The van der Waals surface area contributed by atoms with Crippen molar-refractivity contribution in [2.75, 3.05) is 26.2 Å². The molecular formula is C17H22N6O3. The van der Waals surface area contributed by atoms with E-state index in [2.05, 4.69) is 20.6 Å². The van der Waals surface area contributed by atoms with E-state index in [0.29, 0.717) is 18.8 Å². The summed E-state index contributed by atoms with van der Waals surface area (Å²) in [5, 5.41) is 19.2. The highest BCUT2D eigenvalue weighted by Crippen LogP contribution is 2.22. The van der Waals surface area contributed by atoms with Gasteiger partial charge in [-0.25, -0.2) is 9.67 Å². The molecule has 138 valence electrons. The van der Waals surface area contributed by atoms with E-state index >= 15 is 0 Å². The second-order valence-electron chi connectivity index (χ2n) is 6.27. The fourth-order valence-electron chi connectivity index (χ4n) is 3.00. The molecule has 3 rings (SSSR count). The van der Waals surface area contributed by atoms with E-state index in [1.54, 1.807) is 21.8 Å². The van der Waals surface area contributed by atoms with E-state index in [1.807, 2.05) is 19.1 Å². The van der Waals surface area contributed by atoms with Crippen LogP contribution in [0.15, 0.2) is 24.4 Å². The third-order valence-electron chi connectivity index (χ3n) is 4.31.